The molecule has 1 fully saturated rings. The molecule has 1 saturated heterocycles. The van der Waals surface area contributed by atoms with Gasteiger partial charge in [-0.25, -0.2) is 0 Å². The second-order valence-corrected chi connectivity index (χ2v) is 7.33. The van der Waals surface area contributed by atoms with Gasteiger partial charge in [0.15, 0.2) is 5.11 Å². The number of carbonyl (C=O) groups is 3. The number of anilines is 1. The monoisotopic (exact) mass is 451 g/mol. The van der Waals surface area contributed by atoms with Gasteiger partial charge in [-0.05, 0) is 66.3 Å². The number of benzene rings is 2. The Kier molecular flexibility index (Phi) is 5.41. The quantitative estimate of drug-likeness (QED) is 0.372. The maximum Gasteiger partial charge on any atom is 0.270 e. The van der Waals surface area contributed by atoms with E-state index in [1.165, 1.54) is 23.1 Å². The molecule has 3 aromatic rings. The number of nitrogens with one attached hydrogen (secondary N) is 1. The topological polar surface area (TPSA) is 103 Å². The van der Waals surface area contributed by atoms with Crippen molar-refractivity contribution >= 4 is 58.5 Å². The molecule has 4 rings (SSSR count). The molecule has 0 bridgehead atoms. The summed E-state index contributed by atoms with van der Waals surface area (Å²) in [5.41, 5.74) is 0.787. The van der Waals surface area contributed by atoms with E-state index >= 15 is 0 Å². The van der Waals surface area contributed by atoms with E-state index in [0.29, 0.717) is 22.0 Å². The maximum atomic E-state index is 13.0. The number of nitrogens with zero attached hydrogens (tertiary/aromatic N) is 1. The smallest absolute Gasteiger partial charge is 0.270 e. The number of amides is 2. The average Bonchev–Trinajstić information content (AvgIpc) is 3.21. The molecule has 7 nitrogen and oxygen atoms in total. The zero-order valence-corrected chi connectivity index (χ0v) is 17.2. The van der Waals surface area contributed by atoms with Gasteiger partial charge in [-0.15, -0.1) is 0 Å². The SMILES string of the molecule is O=C1NC(=S)N(c2ccc(Cl)cc2)C(=O)/C1=C\c1ccc(-c2cccc(C(=O)[O-])c2)o1. The third-order valence-corrected chi connectivity index (χ3v) is 5.02. The van der Waals surface area contributed by atoms with Crippen LogP contribution in [0, 0.1) is 0 Å². The van der Waals surface area contributed by atoms with Crippen LogP contribution in [0.5, 0.6) is 0 Å². The van der Waals surface area contributed by atoms with Gasteiger partial charge < -0.3 is 14.3 Å². The van der Waals surface area contributed by atoms with Crippen molar-refractivity contribution in [2.45, 2.75) is 0 Å². The van der Waals surface area contributed by atoms with Crippen molar-refractivity contribution in [3.63, 3.8) is 0 Å². The molecule has 0 atom stereocenters. The summed E-state index contributed by atoms with van der Waals surface area (Å²) < 4.78 is 5.70. The Balaban J connectivity index is 1.66. The van der Waals surface area contributed by atoms with Gasteiger partial charge in [0, 0.05) is 10.6 Å². The maximum absolute atomic E-state index is 13.0. The van der Waals surface area contributed by atoms with E-state index in [4.69, 9.17) is 28.2 Å². The highest BCUT2D eigenvalue weighted by atomic mass is 35.5. The summed E-state index contributed by atoms with van der Waals surface area (Å²) >= 11 is 11.0. The Morgan fingerprint density at radius 3 is 2.55 bits per heavy atom. The predicted octanol–water partition coefficient (Wildman–Crippen LogP) is 2.79. The second kappa shape index (κ2) is 8.17. The number of furan rings is 1. The normalized spacial score (nSPS) is 15.3. The molecular weight excluding hydrogens is 440 g/mol. The minimum absolute atomic E-state index is 0.00255. The van der Waals surface area contributed by atoms with Gasteiger partial charge in [0.2, 0.25) is 0 Å². The van der Waals surface area contributed by atoms with Crippen LogP contribution in [0.4, 0.5) is 5.69 Å². The fourth-order valence-corrected chi connectivity index (χ4v) is 3.42. The van der Waals surface area contributed by atoms with E-state index in [2.05, 4.69) is 5.32 Å². The van der Waals surface area contributed by atoms with Crippen molar-refractivity contribution in [3.8, 4) is 11.3 Å². The summed E-state index contributed by atoms with van der Waals surface area (Å²) in [4.78, 5) is 37.6. The van der Waals surface area contributed by atoms with Crippen molar-refractivity contribution in [2.24, 2.45) is 0 Å². The summed E-state index contributed by atoms with van der Waals surface area (Å²) in [7, 11) is 0. The van der Waals surface area contributed by atoms with Gasteiger partial charge in [-0.2, -0.15) is 0 Å². The summed E-state index contributed by atoms with van der Waals surface area (Å²) in [6.45, 7) is 0. The van der Waals surface area contributed by atoms with E-state index in [9.17, 15) is 19.5 Å². The molecule has 1 aliphatic rings. The molecule has 0 spiro atoms. The number of aromatic carboxylic acids is 1. The fraction of sp³-hybridized carbons (Fsp3) is 0. The molecule has 9 heteroatoms. The van der Waals surface area contributed by atoms with Crippen LogP contribution in [0.15, 0.2) is 70.7 Å². The molecule has 1 aliphatic heterocycles. The first-order valence-corrected chi connectivity index (χ1v) is 9.71. The summed E-state index contributed by atoms with van der Waals surface area (Å²) in [6.07, 6.45) is 1.30. The molecule has 2 heterocycles. The molecule has 31 heavy (non-hydrogen) atoms. The molecule has 2 aromatic carbocycles. The summed E-state index contributed by atoms with van der Waals surface area (Å²) in [6, 6.07) is 15.6. The highest BCUT2D eigenvalue weighted by Gasteiger charge is 2.34. The van der Waals surface area contributed by atoms with Crippen molar-refractivity contribution in [3.05, 3.63) is 82.6 Å². The van der Waals surface area contributed by atoms with E-state index < -0.39 is 17.8 Å². The highest BCUT2D eigenvalue weighted by Crippen LogP contribution is 2.27. The number of hydrogen-bond donors (Lipinski definition) is 1. The van der Waals surface area contributed by atoms with Crippen molar-refractivity contribution in [2.75, 3.05) is 4.90 Å². The van der Waals surface area contributed by atoms with Crippen LogP contribution in [0.3, 0.4) is 0 Å². The first kappa shape index (κ1) is 20.5. The number of carboxylic acids is 1. The molecule has 0 unspecified atom stereocenters. The van der Waals surface area contributed by atoms with E-state index in [1.54, 1.807) is 48.5 Å². The number of hydrogen-bond acceptors (Lipinski definition) is 6. The van der Waals surface area contributed by atoms with Crippen LogP contribution in [0.2, 0.25) is 5.02 Å². The van der Waals surface area contributed by atoms with Gasteiger partial charge in [-0.3, -0.25) is 19.8 Å². The Labute approximate surface area is 186 Å². The first-order valence-electron chi connectivity index (χ1n) is 8.92. The van der Waals surface area contributed by atoms with Gasteiger partial charge in [0.25, 0.3) is 11.8 Å². The van der Waals surface area contributed by atoms with E-state index in [1.807, 2.05) is 0 Å². The average molecular weight is 452 g/mol. The van der Waals surface area contributed by atoms with Gasteiger partial charge in [0.05, 0.1) is 11.7 Å². The van der Waals surface area contributed by atoms with Crippen molar-refractivity contribution < 1.29 is 23.9 Å². The van der Waals surface area contributed by atoms with E-state index in [-0.39, 0.29) is 22.0 Å². The zero-order valence-electron chi connectivity index (χ0n) is 15.6. The summed E-state index contributed by atoms with van der Waals surface area (Å²) in [5, 5.41) is 14.0. The highest BCUT2D eigenvalue weighted by molar-refractivity contribution is 7.80. The molecule has 0 radical (unpaired) electrons. The zero-order chi connectivity index (χ0) is 22.1. The Morgan fingerprint density at radius 1 is 1.10 bits per heavy atom. The van der Waals surface area contributed by atoms with Crippen LogP contribution in [0.25, 0.3) is 17.4 Å². The minimum atomic E-state index is -1.31. The molecule has 1 aromatic heterocycles. The van der Waals surface area contributed by atoms with Crippen LogP contribution in [-0.4, -0.2) is 22.9 Å². The number of rotatable bonds is 4. The number of carboxylic acid groups (broad SMARTS) is 1. The fourth-order valence-electron chi connectivity index (χ4n) is 3.01. The third kappa shape index (κ3) is 4.11. The third-order valence-electron chi connectivity index (χ3n) is 4.48. The second-order valence-electron chi connectivity index (χ2n) is 6.50. The largest absolute Gasteiger partial charge is 0.545 e. The Morgan fingerprint density at radius 2 is 1.84 bits per heavy atom. The van der Waals surface area contributed by atoms with Crippen molar-refractivity contribution in [1.82, 2.24) is 5.32 Å². The van der Waals surface area contributed by atoms with Gasteiger partial charge >= 0.3 is 0 Å². The summed E-state index contributed by atoms with van der Waals surface area (Å²) in [5.74, 6) is -1.98. The predicted molar refractivity (Wildman–Crippen MR) is 116 cm³/mol. The number of halogens is 1. The lowest BCUT2D eigenvalue weighted by molar-refractivity contribution is -0.255. The van der Waals surface area contributed by atoms with E-state index in [0.717, 1.165) is 0 Å². The van der Waals surface area contributed by atoms with Crippen LogP contribution in [0.1, 0.15) is 16.1 Å². The molecule has 0 saturated carbocycles. The molecule has 2 amide bonds. The minimum Gasteiger partial charge on any atom is -0.545 e. The van der Waals surface area contributed by atoms with Crippen LogP contribution >= 0.6 is 23.8 Å². The molecule has 154 valence electrons. The Bertz CT molecular complexity index is 1260. The number of thiocarbonyl (C=S) groups is 1. The standard InChI is InChI=1S/C22H13ClN2O5S/c23-14-4-6-15(7-5-14)25-20(27)17(19(26)24-22(25)31)11-16-8-9-18(30-16)12-2-1-3-13(10-12)21(28)29/h1-11H,(H,28,29)(H,24,26,31)/p-1/b17-11-. The first-order chi connectivity index (χ1) is 14.8. The lowest BCUT2D eigenvalue weighted by Crippen LogP contribution is -2.54. The lowest BCUT2D eigenvalue weighted by atomic mass is 10.1. The molecule has 0 aliphatic carbocycles. The Hall–Kier alpha value is -3.75. The van der Waals surface area contributed by atoms with Crippen molar-refractivity contribution in [1.29, 1.82) is 0 Å². The van der Waals surface area contributed by atoms with Crippen LogP contribution in [-0.2, 0) is 9.59 Å². The van der Waals surface area contributed by atoms with Gasteiger partial charge in [-0.1, -0.05) is 29.8 Å². The number of carbonyl (C=O) groups excluding carboxylic acids is 3. The molecular formula is C22H12ClN2O5S-. The van der Waals surface area contributed by atoms with Crippen LogP contribution < -0.4 is 15.3 Å². The van der Waals surface area contributed by atoms with Gasteiger partial charge in [0.1, 0.15) is 17.1 Å². The molecule has 1 N–H and O–H groups in total. The lowest BCUT2D eigenvalue weighted by Gasteiger charge is -2.28.